The average Bonchev–Trinajstić information content (AvgIpc) is 3.01. The van der Waals surface area contributed by atoms with Crippen LogP contribution in [0.15, 0.2) is 70.5 Å². The molecule has 0 atom stereocenters. The molecule has 2 aromatic heterocycles. The fourth-order valence-electron chi connectivity index (χ4n) is 5.08. The summed E-state index contributed by atoms with van der Waals surface area (Å²) in [6.45, 7) is -0.575. The number of fused-ring (bicyclic) bond motifs is 1. The van der Waals surface area contributed by atoms with Crippen LogP contribution >= 0.6 is 23.2 Å². The number of rotatable bonds is 10. The van der Waals surface area contributed by atoms with E-state index in [9.17, 15) is 36.0 Å². The lowest BCUT2D eigenvalue weighted by atomic mass is 9.99. The normalized spacial score (nSPS) is 11.6. The lowest BCUT2D eigenvalue weighted by molar-refractivity contribution is -0.120. The fourth-order valence-corrected chi connectivity index (χ4v) is 5.95. The van der Waals surface area contributed by atoms with Crippen molar-refractivity contribution in [1.82, 2.24) is 19.4 Å². The second kappa shape index (κ2) is 13.8. The number of hydrogen-bond acceptors (Lipinski definition) is 7. The van der Waals surface area contributed by atoms with Crippen LogP contribution in [0.5, 0.6) is 5.75 Å². The molecule has 16 heteroatoms. The minimum atomic E-state index is -3.28. The summed E-state index contributed by atoms with van der Waals surface area (Å²) in [5.74, 6) is -5.30. The van der Waals surface area contributed by atoms with Crippen LogP contribution in [0.3, 0.4) is 0 Å². The molecule has 0 fully saturated rings. The Kier molecular flexibility index (Phi) is 9.99. The molecule has 1 N–H and O–H groups in total. The Hall–Kier alpha value is -4.66. The van der Waals surface area contributed by atoms with E-state index < -0.39 is 51.0 Å². The van der Waals surface area contributed by atoms with Crippen LogP contribution in [0.1, 0.15) is 11.1 Å². The van der Waals surface area contributed by atoms with Gasteiger partial charge in [0, 0.05) is 29.6 Å². The predicted molar refractivity (Wildman–Crippen MR) is 175 cm³/mol. The van der Waals surface area contributed by atoms with E-state index in [4.69, 9.17) is 27.9 Å². The van der Waals surface area contributed by atoms with E-state index in [0.717, 1.165) is 27.5 Å². The highest BCUT2D eigenvalue weighted by Crippen LogP contribution is 2.35. The number of nitrogens with zero attached hydrogens (tertiary/aromatic N) is 3. The number of carbonyl (C=O) groups is 1. The summed E-state index contributed by atoms with van der Waals surface area (Å²) in [6.07, 6.45) is 3.46. The third kappa shape index (κ3) is 7.40. The highest BCUT2D eigenvalue weighted by molar-refractivity contribution is 7.90. The molecule has 0 unspecified atom stereocenters. The Morgan fingerprint density at radius 1 is 0.979 bits per heavy atom. The van der Waals surface area contributed by atoms with Gasteiger partial charge in [0.05, 0.1) is 48.3 Å². The summed E-state index contributed by atoms with van der Waals surface area (Å²) in [5, 5.41) is 2.80. The number of amides is 1. The Balaban J connectivity index is 1.71. The number of methoxy groups -OCH3 is 1. The first-order chi connectivity index (χ1) is 22.7. The van der Waals surface area contributed by atoms with Gasteiger partial charge in [-0.1, -0.05) is 29.3 Å². The van der Waals surface area contributed by atoms with E-state index in [1.165, 1.54) is 43.8 Å². The molecule has 0 aliphatic carbocycles. The number of hydrogen-bond donors (Lipinski definition) is 1. The zero-order valence-electron chi connectivity index (χ0n) is 25.2. The van der Waals surface area contributed by atoms with Gasteiger partial charge in [0.1, 0.15) is 21.0 Å². The maximum absolute atomic E-state index is 14.2. The van der Waals surface area contributed by atoms with Crippen molar-refractivity contribution in [2.75, 3.05) is 25.7 Å². The lowest BCUT2D eigenvalue weighted by Gasteiger charge is -2.18. The molecule has 0 aliphatic heterocycles. The molecule has 250 valence electrons. The van der Waals surface area contributed by atoms with Crippen LogP contribution in [0, 0.1) is 17.5 Å². The Bertz CT molecular complexity index is 2310. The highest BCUT2D eigenvalue weighted by atomic mass is 35.5. The van der Waals surface area contributed by atoms with Crippen molar-refractivity contribution in [2.45, 2.75) is 13.0 Å². The van der Waals surface area contributed by atoms with E-state index in [1.54, 1.807) is 12.1 Å². The van der Waals surface area contributed by atoms with Crippen molar-refractivity contribution in [3.8, 4) is 22.6 Å². The van der Waals surface area contributed by atoms with E-state index in [-0.39, 0.29) is 56.7 Å². The minimum absolute atomic E-state index is 0.00121. The molecule has 5 aromatic rings. The monoisotopic (exact) mass is 720 g/mol. The van der Waals surface area contributed by atoms with Crippen molar-refractivity contribution in [3.63, 3.8) is 0 Å². The molecule has 0 spiro atoms. The maximum Gasteiger partial charge on any atom is 0.336 e. The number of halogens is 5. The summed E-state index contributed by atoms with van der Waals surface area (Å²) >= 11 is 12.7. The summed E-state index contributed by atoms with van der Waals surface area (Å²) in [6, 6.07) is 10.5. The van der Waals surface area contributed by atoms with Gasteiger partial charge in [-0.3, -0.25) is 19.1 Å². The lowest BCUT2D eigenvalue weighted by Crippen LogP contribution is -2.39. The molecule has 10 nitrogen and oxygen atoms in total. The summed E-state index contributed by atoms with van der Waals surface area (Å²) in [5.41, 5.74) is -0.682. The first kappa shape index (κ1) is 34.7. The van der Waals surface area contributed by atoms with Gasteiger partial charge < -0.3 is 10.1 Å². The minimum Gasteiger partial charge on any atom is -0.496 e. The van der Waals surface area contributed by atoms with Gasteiger partial charge >= 0.3 is 5.69 Å². The maximum atomic E-state index is 14.2. The number of aromatic nitrogens is 3. The number of pyridine rings is 1. The highest BCUT2D eigenvalue weighted by Gasteiger charge is 2.22. The zero-order chi connectivity index (χ0) is 34.9. The third-order valence-corrected chi connectivity index (χ3v) is 8.75. The average molecular weight is 722 g/mol. The van der Waals surface area contributed by atoms with Gasteiger partial charge in [0.25, 0.3) is 5.56 Å². The standard InChI is InChI=1S/C32H25Cl2F3N4O6S/c1-47-27-12-19(22-7-17(3-4-23(22)34)10-28(42)39-5-6-48(2,45)46)11-26-29(27)31(43)41(21-13-20(33)14-38-15-21)32(44)40(26)16-18-8-24(35)30(37)25(36)9-18/h3-4,7-9,11-15H,5-6,10,16H2,1-2H3,(H,39,42). The van der Waals surface area contributed by atoms with Crippen LogP contribution < -0.4 is 21.3 Å². The second-order valence-corrected chi connectivity index (χ2v) is 13.9. The topological polar surface area (TPSA) is 129 Å². The van der Waals surface area contributed by atoms with Crippen LogP contribution in [0.25, 0.3) is 27.7 Å². The Morgan fingerprint density at radius 2 is 1.69 bits per heavy atom. The smallest absolute Gasteiger partial charge is 0.336 e. The number of nitrogens with one attached hydrogen (secondary N) is 1. The van der Waals surface area contributed by atoms with Crippen molar-refractivity contribution < 1.29 is 31.1 Å². The van der Waals surface area contributed by atoms with Crippen LogP contribution in [0.2, 0.25) is 10.0 Å². The molecule has 1 amide bonds. The molecular formula is C32H25Cl2F3N4O6S. The summed E-state index contributed by atoms with van der Waals surface area (Å²) < 4.78 is 72.5. The summed E-state index contributed by atoms with van der Waals surface area (Å²) in [4.78, 5) is 44.5. The van der Waals surface area contributed by atoms with Gasteiger partial charge in [0.15, 0.2) is 17.5 Å². The largest absolute Gasteiger partial charge is 0.496 e. The van der Waals surface area contributed by atoms with Crippen molar-refractivity contribution in [1.29, 1.82) is 0 Å². The number of benzene rings is 3. The predicted octanol–water partition coefficient (Wildman–Crippen LogP) is 4.70. The molecule has 3 aromatic carbocycles. The molecule has 48 heavy (non-hydrogen) atoms. The van der Waals surface area contributed by atoms with Crippen LogP contribution in [0.4, 0.5) is 13.2 Å². The first-order valence-electron chi connectivity index (χ1n) is 14.0. The molecule has 0 bridgehead atoms. The zero-order valence-corrected chi connectivity index (χ0v) is 27.5. The second-order valence-electron chi connectivity index (χ2n) is 10.8. The molecule has 0 saturated heterocycles. The first-order valence-corrected chi connectivity index (χ1v) is 16.8. The van der Waals surface area contributed by atoms with E-state index in [0.29, 0.717) is 16.7 Å². The fraction of sp³-hybridized carbons (Fsp3) is 0.188. The van der Waals surface area contributed by atoms with E-state index in [1.807, 2.05) is 0 Å². The molecule has 0 saturated carbocycles. The SMILES string of the molecule is COc1cc(-c2cc(CC(=O)NCCS(C)(=O)=O)ccc2Cl)cc2c1c(=O)n(-c1cncc(Cl)c1)c(=O)n2Cc1cc(F)c(F)c(F)c1. The van der Waals surface area contributed by atoms with Gasteiger partial charge in [-0.05, 0) is 59.2 Å². The van der Waals surface area contributed by atoms with Crippen LogP contribution in [-0.4, -0.2) is 54.1 Å². The molecule has 2 heterocycles. The number of carbonyl (C=O) groups excluding carboxylic acids is 1. The number of sulfone groups is 1. The summed E-state index contributed by atoms with van der Waals surface area (Å²) in [7, 11) is -1.98. The quantitative estimate of drug-likeness (QED) is 0.207. The van der Waals surface area contributed by atoms with Gasteiger partial charge in [-0.15, -0.1) is 0 Å². The molecule has 0 aliphatic rings. The third-order valence-electron chi connectivity index (χ3n) is 7.27. The molecular weight excluding hydrogens is 696 g/mol. The van der Waals surface area contributed by atoms with Gasteiger partial charge in [-0.2, -0.15) is 0 Å². The van der Waals surface area contributed by atoms with E-state index in [2.05, 4.69) is 10.3 Å². The van der Waals surface area contributed by atoms with Crippen molar-refractivity contribution >= 4 is 49.8 Å². The number of ether oxygens (including phenoxy) is 1. The van der Waals surface area contributed by atoms with Crippen LogP contribution in [-0.2, 0) is 27.6 Å². The molecule has 5 rings (SSSR count). The molecule has 0 radical (unpaired) electrons. The Labute approximate surface area is 281 Å². The van der Waals surface area contributed by atoms with E-state index >= 15 is 0 Å². The van der Waals surface area contributed by atoms with Crippen molar-refractivity contribution in [3.05, 3.63) is 120 Å². The van der Waals surface area contributed by atoms with Gasteiger partial charge in [-0.25, -0.2) is 31.0 Å². The van der Waals surface area contributed by atoms with Gasteiger partial charge in [0.2, 0.25) is 5.91 Å². The van der Waals surface area contributed by atoms with Crippen molar-refractivity contribution in [2.24, 2.45) is 0 Å². The Morgan fingerprint density at radius 3 is 2.33 bits per heavy atom.